The quantitative estimate of drug-likeness (QED) is 0.284. The molecule has 0 bridgehead atoms. The Hall–Kier alpha value is -4.29. The number of nitriles is 1. The van der Waals surface area contributed by atoms with Crippen LogP contribution in [0.4, 0.5) is 20.2 Å². The molecular weight excluding hydrogens is 446 g/mol. The molecule has 2 heterocycles. The summed E-state index contributed by atoms with van der Waals surface area (Å²) in [6, 6.07) is 18.3. The number of nitro groups is 1. The minimum atomic E-state index is -0.622. The number of nitrogens with one attached hydrogen (secondary N) is 2. The van der Waals surface area contributed by atoms with E-state index in [-0.39, 0.29) is 22.8 Å². The van der Waals surface area contributed by atoms with Gasteiger partial charge < -0.3 is 10.6 Å². The number of halogens is 2. The van der Waals surface area contributed by atoms with E-state index in [1.165, 1.54) is 41.7 Å². The monoisotopic (exact) mass is 460 g/mol. The molecule has 9 heteroatoms. The van der Waals surface area contributed by atoms with Gasteiger partial charge >= 0.3 is 0 Å². The highest BCUT2D eigenvalue weighted by Gasteiger charge is 2.33. The lowest BCUT2D eigenvalue weighted by Gasteiger charge is -2.28. The van der Waals surface area contributed by atoms with Crippen molar-refractivity contribution in [1.29, 1.82) is 5.26 Å². The summed E-state index contributed by atoms with van der Waals surface area (Å²) in [4.78, 5) is 11.5. The number of hydrogen-bond donors (Lipinski definition) is 2. The molecule has 1 atom stereocenters. The highest BCUT2D eigenvalue weighted by Crippen LogP contribution is 2.46. The Morgan fingerprint density at radius 3 is 2.58 bits per heavy atom. The molecule has 0 saturated heterocycles. The van der Waals surface area contributed by atoms with Crippen molar-refractivity contribution in [2.75, 3.05) is 5.32 Å². The van der Waals surface area contributed by atoms with E-state index in [4.69, 9.17) is 0 Å². The Morgan fingerprint density at radius 1 is 1.06 bits per heavy atom. The van der Waals surface area contributed by atoms with Crippen LogP contribution in [0.1, 0.15) is 22.0 Å². The Bertz CT molecular complexity index is 1510. The van der Waals surface area contributed by atoms with E-state index < -0.39 is 22.6 Å². The van der Waals surface area contributed by atoms with Gasteiger partial charge in [-0.3, -0.25) is 10.1 Å². The number of anilines is 1. The Kier molecular flexibility index (Phi) is 4.99. The molecule has 3 aromatic carbocycles. The van der Waals surface area contributed by atoms with E-state index in [0.717, 1.165) is 0 Å². The van der Waals surface area contributed by atoms with Gasteiger partial charge in [-0.2, -0.15) is 5.26 Å². The topological polar surface area (TPSA) is 91.0 Å². The molecule has 1 unspecified atom stereocenters. The number of rotatable bonds is 4. The highest BCUT2D eigenvalue weighted by molar-refractivity contribution is 7.19. The van der Waals surface area contributed by atoms with Crippen molar-refractivity contribution in [3.8, 4) is 6.07 Å². The van der Waals surface area contributed by atoms with Crippen LogP contribution in [0, 0.1) is 33.1 Å². The summed E-state index contributed by atoms with van der Waals surface area (Å²) in [6.45, 7) is 0. The maximum atomic E-state index is 14.6. The fourth-order valence-corrected chi connectivity index (χ4v) is 5.22. The highest BCUT2D eigenvalue weighted by atomic mass is 32.1. The Morgan fingerprint density at radius 2 is 1.82 bits per heavy atom. The molecule has 5 rings (SSSR count). The van der Waals surface area contributed by atoms with E-state index in [1.807, 2.05) is 0 Å². The van der Waals surface area contributed by atoms with Crippen LogP contribution < -0.4 is 10.6 Å². The van der Waals surface area contributed by atoms with Gasteiger partial charge in [0, 0.05) is 28.0 Å². The molecule has 1 aliphatic heterocycles. The van der Waals surface area contributed by atoms with Gasteiger partial charge in [-0.1, -0.05) is 36.4 Å². The number of hydrogen-bond acceptors (Lipinski definition) is 6. The zero-order valence-corrected chi connectivity index (χ0v) is 17.6. The van der Waals surface area contributed by atoms with Crippen LogP contribution in [0.3, 0.4) is 0 Å². The van der Waals surface area contributed by atoms with Crippen LogP contribution in [-0.2, 0) is 0 Å². The fourth-order valence-electron chi connectivity index (χ4n) is 3.93. The molecule has 0 saturated carbocycles. The minimum absolute atomic E-state index is 0.0955. The van der Waals surface area contributed by atoms with Crippen molar-refractivity contribution in [3.63, 3.8) is 0 Å². The van der Waals surface area contributed by atoms with Crippen LogP contribution in [0.2, 0.25) is 0 Å². The number of non-ortho nitro benzene ring substituents is 1. The average molecular weight is 460 g/mol. The number of thiophene rings is 1. The summed E-state index contributed by atoms with van der Waals surface area (Å²) in [7, 11) is 0. The first-order valence-electron chi connectivity index (χ1n) is 9.86. The number of para-hydroxylation sites is 1. The largest absolute Gasteiger partial charge is 0.359 e. The van der Waals surface area contributed by atoms with Gasteiger partial charge in [0.25, 0.3) is 5.69 Å². The van der Waals surface area contributed by atoms with E-state index in [2.05, 4.69) is 16.7 Å². The molecule has 0 aliphatic carbocycles. The van der Waals surface area contributed by atoms with Crippen LogP contribution in [0.15, 0.2) is 72.6 Å². The second kappa shape index (κ2) is 8.00. The summed E-state index contributed by atoms with van der Waals surface area (Å²) in [6.07, 6.45) is 0. The third-order valence-corrected chi connectivity index (χ3v) is 6.68. The first kappa shape index (κ1) is 20.6. The molecule has 6 nitrogen and oxygen atoms in total. The zero-order chi connectivity index (χ0) is 23.1. The zero-order valence-electron chi connectivity index (χ0n) is 16.8. The first-order chi connectivity index (χ1) is 16.0. The van der Waals surface area contributed by atoms with Crippen LogP contribution in [0.25, 0.3) is 15.7 Å². The molecular formula is C24H14F2N4O2S. The summed E-state index contributed by atoms with van der Waals surface area (Å²) < 4.78 is 29.4. The van der Waals surface area contributed by atoms with Gasteiger partial charge in [0.05, 0.1) is 21.4 Å². The Labute approximate surface area is 190 Å². The van der Waals surface area contributed by atoms with E-state index in [9.17, 15) is 24.2 Å². The Balaban J connectivity index is 1.75. The molecule has 0 amide bonds. The van der Waals surface area contributed by atoms with E-state index >= 15 is 0 Å². The van der Waals surface area contributed by atoms with Crippen molar-refractivity contribution < 1.29 is 13.7 Å². The first-order valence-corrected chi connectivity index (χ1v) is 10.7. The second-order valence-corrected chi connectivity index (χ2v) is 8.41. The van der Waals surface area contributed by atoms with Gasteiger partial charge in [0.15, 0.2) is 0 Å². The molecule has 1 aliphatic rings. The summed E-state index contributed by atoms with van der Waals surface area (Å²) in [5.74, 6) is -0.704. The average Bonchev–Trinajstić information content (AvgIpc) is 3.21. The van der Waals surface area contributed by atoms with Crippen molar-refractivity contribution >= 4 is 38.4 Å². The van der Waals surface area contributed by atoms with Crippen molar-refractivity contribution in [2.24, 2.45) is 0 Å². The third kappa shape index (κ3) is 3.46. The molecule has 4 aromatic rings. The van der Waals surface area contributed by atoms with Gasteiger partial charge in [0.2, 0.25) is 0 Å². The van der Waals surface area contributed by atoms with Crippen LogP contribution in [0.5, 0.6) is 0 Å². The molecule has 2 N–H and O–H groups in total. The van der Waals surface area contributed by atoms with Gasteiger partial charge in [0.1, 0.15) is 29.1 Å². The van der Waals surface area contributed by atoms with Crippen LogP contribution in [-0.4, -0.2) is 4.92 Å². The number of nitro benzene ring substituents is 1. The maximum absolute atomic E-state index is 14.6. The lowest BCUT2D eigenvalue weighted by molar-refractivity contribution is -0.384. The molecule has 162 valence electrons. The molecule has 0 fully saturated rings. The van der Waals surface area contributed by atoms with E-state index in [0.29, 0.717) is 26.1 Å². The fraction of sp³-hybridized carbons (Fsp3) is 0.0417. The number of fused-ring (bicyclic) bond motifs is 3. The van der Waals surface area contributed by atoms with Crippen molar-refractivity contribution in [2.45, 2.75) is 6.04 Å². The lowest BCUT2D eigenvalue weighted by Crippen LogP contribution is -2.30. The van der Waals surface area contributed by atoms with Gasteiger partial charge in [-0.05, 0) is 23.8 Å². The van der Waals surface area contributed by atoms with E-state index in [1.54, 1.807) is 36.4 Å². The second-order valence-electron chi connectivity index (χ2n) is 7.35. The summed E-state index contributed by atoms with van der Waals surface area (Å²) in [5.41, 5.74) is 1.33. The molecule has 0 radical (unpaired) electrons. The van der Waals surface area contributed by atoms with Crippen molar-refractivity contribution in [3.05, 3.63) is 110 Å². The SMILES string of the molecule is N#CC1=C(Nc2ccccc2F)NC(c2cccc([N+](=O)[O-])c2)c2sc3c(F)cccc3c21. The number of nitrogens with zero attached hydrogens (tertiary/aromatic N) is 2. The summed E-state index contributed by atoms with van der Waals surface area (Å²) >= 11 is 1.18. The maximum Gasteiger partial charge on any atom is 0.269 e. The number of allylic oxidation sites excluding steroid dienone is 1. The normalized spacial score (nSPS) is 15.0. The van der Waals surface area contributed by atoms with Crippen molar-refractivity contribution in [1.82, 2.24) is 5.32 Å². The van der Waals surface area contributed by atoms with Gasteiger partial charge in [-0.25, -0.2) is 8.78 Å². The summed E-state index contributed by atoms with van der Waals surface area (Å²) in [5, 5.41) is 28.0. The lowest BCUT2D eigenvalue weighted by atomic mass is 9.92. The van der Waals surface area contributed by atoms with Gasteiger partial charge in [-0.15, -0.1) is 11.3 Å². The molecule has 33 heavy (non-hydrogen) atoms. The molecule has 0 spiro atoms. The minimum Gasteiger partial charge on any atom is -0.359 e. The number of benzene rings is 3. The molecule has 1 aromatic heterocycles. The third-order valence-electron chi connectivity index (χ3n) is 5.41. The predicted octanol–water partition coefficient (Wildman–Crippen LogP) is 6.08. The standard InChI is InChI=1S/C24H14F2N4O2S/c25-17-8-1-2-10-19(17)28-24-16(12-27)20-15-7-4-9-18(26)22(15)33-23(20)21(29-24)13-5-3-6-14(11-13)30(31)32/h1-11,21,28-29H. The predicted molar refractivity (Wildman–Crippen MR) is 122 cm³/mol. The van der Waals surface area contributed by atoms with Crippen LogP contribution >= 0.6 is 11.3 Å². The smallest absolute Gasteiger partial charge is 0.269 e.